The average molecular weight is 505 g/mol. The monoisotopic (exact) mass is 504 g/mol. The Hall–Kier alpha value is 0.274. The van der Waals surface area contributed by atoms with Crippen molar-refractivity contribution in [2.24, 2.45) is 0 Å². The highest BCUT2D eigenvalue weighted by atomic mass is 28.2. The molecule has 6 heteroatoms. The highest BCUT2D eigenvalue weighted by molar-refractivity contribution is 6.37. The molecule has 0 aromatic rings. The summed E-state index contributed by atoms with van der Waals surface area (Å²) in [4.78, 5) is 0. The standard InChI is InChI=1S/C27H60O4Si2/c1-24(2,3)28-16-14-22(30-26(7,8)9)20-32-18-13-19-33-21-23(31-27(10,11)12)15-17-29-25(4,5)6/h22-23H,13-21,32-33H2,1-12H3. The predicted octanol–water partition coefficient (Wildman–Crippen LogP) is 6.17. The van der Waals surface area contributed by atoms with E-state index in [-0.39, 0.29) is 41.4 Å². The molecule has 0 heterocycles. The summed E-state index contributed by atoms with van der Waals surface area (Å²) in [5, 5.41) is 0. The van der Waals surface area contributed by atoms with Gasteiger partial charge in [-0.25, -0.2) is 0 Å². The molecule has 0 radical (unpaired) electrons. The fourth-order valence-electron chi connectivity index (χ4n) is 3.79. The van der Waals surface area contributed by atoms with Crippen molar-refractivity contribution in [1.82, 2.24) is 0 Å². The Morgan fingerprint density at radius 3 is 1.12 bits per heavy atom. The molecule has 0 rings (SSSR count). The second-order valence-electron chi connectivity index (χ2n) is 13.5. The van der Waals surface area contributed by atoms with Gasteiger partial charge in [0.15, 0.2) is 0 Å². The Morgan fingerprint density at radius 1 is 0.515 bits per heavy atom. The van der Waals surface area contributed by atoms with E-state index in [9.17, 15) is 0 Å². The molecule has 2 unspecified atom stereocenters. The molecule has 0 saturated carbocycles. The average Bonchev–Trinajstić information content (AvgIpc) is 2.55. The van der Waals surface area contributed by atoms with Crippen LogP contribution in [-0.4, -0.2) is 66.9 Å². The van der Waals surface area contributed by atoms with Gasteiger partial charge in [0.05, 0.1) is 34.6 Å². The van der Waals surface area contributed by atoms with Crippen LogP contribution in [0.3, 0.4) is 0 Å². The minimum Gasteiger partial charge on any atom is -0.376 e. The fraction of sp³-hybridized carbons (Fsp3) is 1.00. The normalized spacial score (nSPS) is 16.4. The van der Waals surface area contributed by atoms with Crippen LogP contribution in [0.15, 0.2) is 0 Å². The molecular formula is C27H60O4Si2. The van der Waals surface area contributed by atoms with Crippen LogP contribution in [0.2, 0.25) is 24.2 Å². The van der Waals surface area contributed by atoms with E-state index in [1.54, 1.807) is 0 Å². The topological polar surface area (TPSA) is 36.9 Å². The summed E-state index contributed by atoms with van der Waals surface area (Å²) in [7, 11) is -0.162. The van der Waals surface area contributed by atoms with Crippen molar-refractivity contribution in [1.29, 1.82) is 0 Å². The van der Waals surface area contributed by atoms with Gasteiger partial charge in [0.1, 0.15) is 0 Å². The largest absolute Gasteiger partial charge is 0.376 e. The van der Waals surface area contributed by atoms with Crippen LogP contribution in [-0.2, 0) is 18.9 Å². The van der Waals surface area contributed by atoms with Crippen molar-refractivity contribution in [2.75, 3.05) is 13.2 Å². The minimum atomic E-state index is -0.0809. The van der Waals surface area contributed by atoms with Crippen molar-refractivity contribution in [3.8, 4) is 0 Å². The van der Waals surface area contributed by atoms with Crippen molar-refractivity contribution < 1.29 is 18.9 Å². The maximum Gasteiger partial charge on any atom is 0.0602 e. The fourth-order valence-corrected chi connectivity index (χ4v) is 8.21. The Bertz CT molecular complexity index is 440. The van der Waals surface area contributed by atoms with Gasteiger partial charge in [0, 0.05) is 32.3 Å². The van der Waals surface area contributed by atoms with Crippen LogP contribution in [0.4, 0.5) is 0 Å². The zero-order valence-corrected chi connectivity index (χ0v) is 27.4. The Kier molecular flexibility index (Phi) is 15.5. The first-order valence-corrected chi connectivity index (χ1v) is 17.5. The molecule has 0 aliphatic heterocycles. The van der Waals surface area contributed by atoms with Gasteiger partial charge in [0.2, 0.25) is 0 Å². The van der Waals surface area contributed by atoms with E-state index >= 15 is 0 Å². The van der Waals surface area contributed by atoms with Crippen molar-refractivity contribution in [2.45, 2.75) is 161 Å². The second-order valence-corrected chi connectivity index (χ2v) is 17.5. The predicted molar refractivity (Wildman–Crippen MR) is 151 cm³/mol. The second kappa shape index (κ2) is 15.4. The van der Waals surface area contributed by atoms with Gasteiger partial charge in [-0.05, 0) is 108 Å². The van der Waals surface area contributed by atoms with Crippen molar-refractivity contribution >= 4 is 19.0 Å². The molecule has 0 N–H and O–H groups in total. The first-order chi connectivity index (χ1) is 14.9. The molecule has 4 nitrogen and oxygen atoms in total. The summed E-state index contributed by atoms with van der Waals surface area (Å²) in [5.74, 6) is 0. The molecule has 0 amide bonds. The summed E-state index contributed by atoms with van der Waals surface area (Å²) in [6, 6.07) is 5.42. The summed E-state index contributed by atoms with van der Waals surface area (Å²) in [5.41, 5.74) is -0.289. The Balaban J connectivity index is 4.25. The summed E-state index contributed by atoms with van der Waals surface area (Å²) in [6.45, 7) is 27.3. The van der Waals surface area contributed by atoms with Gasteiger partial charge in [-0.2, -0.15) is 0 Å². The zero-order valence-electron chi connectivity index (χ0n) is 24.6. The highest BCUT2D eigenvalue weighted by Crippen LogP contribution is 2.20. The van der Waals surface area contributed by atoms with Crippen LogP contribution in [0.25, 0.3) is 0 Å². The maximum absolute atomic E-state index is 6.35. The van der Waals surface area contributed by atoms with Gasteiger partial charge in [-0.3, -0.25) is 0 Å². The summed E-state index contributed by atoms with van der Waals surface area (Å²) < 4.78 is 24.6. The first-order valence-electron chi connectivity index (χ1n) is 13.5. The molecule has 0 bridgehead atoms. The van der Waals surface area contributed by atoms with E-state index in [1.165, 1.54) is 30.6 Å². The summed E-state index contributed by atoms with van der Waals surface area (Å²) >= 11 is 0. The number of rotatable bonds is 16. The van der Waals surface area contributed by atoms with Gasteiger partial charge in [-0.1, -0.05) is 18.5 Å². The van der Waals surface area contributed by atoms with Gasteiger partial charge in [0.25, 0.3) is 0 Å². The third-order valence-corrected chi connectivity index (χ3v) is 9.15. The van der Waals surface area contributed by atoms with Crippen LogP contribution >= 0.6 is 0 Å². The van der Waals surface area contributed by atoms with E-state index in [2.05, 4.69) is 83.1 Å². The summed E-state index contributed by atoms with van der Waals surface area (Å²) in [6.07, 6.45) is 4.13. The lowest BCUT2D eigenvalue weighted by Gasteiger charge is -2.29. The lowest BCUT2D eigenvalue weighted by Crippen LogP contribution is -2.30. The molecule has 0 spiro atoms. The van der Waals surface area contributed by atoms with E-state index < -0.39 is 0 Å². The molecule has 0 aliphatic rings. The van der Waals surface area contributed by atoms with Gasteiger partial charge < -0.3 is 18.9 Å². The number of hydrogen-bond acceptors (Lipinski definition) is 4. The van der Waals surface area contributed by atoms with Crippen molar-refractivity contribution in [3.05, 3.63) is 0 Å². The SMILES string of the molecule is CC(C)(C)OCCC(C[SiH2]CCC[SiH2]CC(CCOC(C)(C)C)OC(C)(C)C)OC(C)(C)C. The Labute approximate surface area is 212 Å². The number of ether oxygens (including phenoxy) is 4. The molecule has 0 saturated heterocycles. The van der Waals surface area contributed by atoms with E-state index in [0.29, 0.717) is 12.2 Å². The molecule has 0 aromatic carbocycles. The van der Waals surface area contributed by atoms with Crippen molar-refractivity contribution in [3.63, 3.8) is 0 Å². The molecule has 33 heavy (non-hydrogen) atoms. The van der Waals surface area contributed by atoms with Gasteiger partial charge >= 0.3 is 0 Å². The lowest BCUT2D eigenvalue weighted by molar-refractivity contribution is -0.0768. The van der Waals surface area contributed by atoms with Crippen LogP contribution in [0.1, 0.15) is 102 Å². The minimum absolute atomic E-state index is 0.0677. The van der Waals surface area contributed by atoms with E-state index in [0.717, 1.165) is 26.1 Å². The lowest BCUT2D eigenvalue weighted by atomic mass is 10.1. The smallest absolute Gasteiger partial charge is 0.0602 e. The quantitative estimate of drug-likeness (QED) is 0.186. The number of hydrogen-bond donors (Lipinski definition) is 0. The maximum atomic E-state index is 6.35. The van der Waals surface area contributed by atoms with E-state index in [1.807, 2.05) is 0 Å². The third kappa shape index (κ3) is 25.2. The van der Waals surface area contributed by atoms with Crippen LogP contribution in [0, 0.1) is 0 Å². The highest BCUT2D eigenvalue weighted by Gasteiger charge is 2.21. The first kappa shape index (κ1) is 33.3. The zero-order chi connectivity index (χ0) is 25.8. The van der Waals surface area contributed by atoms with E-state index in [4.69, 9.17) is 18.9 Å². The molecule has 2 atom stereocenters. The molecule has 0 fully saturated rings. The molecular weight excluding hydrogens is 444 g/mol. The molecule has 200 valence electrons. The third-order valence-electron chi connectivity index (χ3n) is 5.04. The van der Waals surface area contributed by atoms with Crippen LogP contribution < -0.4 is 0 Å². The molecule has 0 aliphatic carbocycles. The Morgan fingerprint density at radius 2 is 0.848 bits per heavy atom. The van der Waals surface area contributed by atoms with Crippen LogP contribution in [0.5, 0.6) is 0 Å². The molecule has 0 aromatic heterocycles. The van der Waals surface area contributed by atoms with Gasteiger partial charge in [-0.15, -0.1) is 0 Å².